The summed E-state index contributed by atoms with van der Waals surface area (Å²) in [5, 5.41) is 1.70. The van der Waals surface area contributed by atoms with E-state index in [4.69, 9.17) is 23.2 Å². The van der Waals surface area contributed by atoms with Gasteiger partial charge in [-0.25, -0.2) is 9.97 Å². The summed E-state index contributed by atoms with van der Waals surface area (Å²) in [7, 11) is 0. The molecule has 0 unspecified atom stereocenters. The SMILES string of the molecule is Clc1cccc2nc(-c3ccc4c(c3)CCC4)nc(Cl)c12. The van der Waals surface area contributed by atoms with Crippen LogP contribution in [0.2, 0.25) is 10.2 Å². The Morgan fingerprint density at radius 3 is 2.67 bits per heavy atom. The van der Waals surface area contributed by atoms with Gasteiger partial charge >= 0.3 is 0 Å². The molecule has 4 heteroatoms. The summed E-state index contributed by atoms with van der Waals surface area (Å²) in [6.07, 6.45) is 3.54. The van der Waals surface area contributed by atoms with Crippen LogP contribution in [0.3, 0.4) is 0 Å². The van der Waals surface area contributed by atoms with Crippen molar-refractivity contribution < 1.29 is 0 Å². The molecule has 1 aliphatic carbocycles. The maximum atomic E-state index is 6.30. The van der Waals surface area contributed by atoms with Gasteiger partial charge in [-0.3, -0.25) is 0 Å². The lowest BCUT2D eigenvalue weighted by Crippen LogP contribution is -1.93. The highest BCUT2D eigenvalue weighted by atomic mass is 35.5. The number of hydrogen-bond donors (Lipinski definition) is 0. The van der Waals surface area contributed by atoms with Gasteiger partial charge in [-0.1, -0.05) is 41.4 Å². The molecule has 0 aliphatic heterocycles. The number of aromatic nitrogens is 2. The van der Waals surface area contributed by atoms with E-state index in [9.17, 15) is 0 Å². The molecule has 3 aromatic rings. The summed E-state index contributed by atoms with van der Waals surface area (Å²) in [5.74, 6) is 0.657. The lowest BCUT2D eigenvalue weighted by Gasteiger charge is -2.07. The van der Waals surface area contributed by atoms with Gasteiger partial charge < -0.3 is 0 Å². The minimum atomic E-state index is 0.404. The Labute approximate surface area is 132 Å². The van der Waals surface area contributed by atoms with Crippen molar-refractivity contribution in [1.29, 1.82) is 0 Å². The standard InChI is InChI=1S/C17H12Cl2N2/c18-13-5-2-6-14-15(13)16(19)21-17(20-14)12-8-7-10-3-1-4-11(10)9-12/h2,5-9H,1,3-4H2. The van der Waals surface area contributed by atoms with Gasteiger partial charge in [-0.2, -0.15) is 0 Å². The van der Waals surface area contributed by atoms with E-state index >= 15 is 0 Å². The zero-order chi connectivity index (χ0) is 14.4. The number of halogens is 2. The number of aryl methyl sites for hydroxylation is 2. The van der Waals surface area contributed by atoms with Gasteiger partial charge in [0.1, 0.15) is 5.15 Å². The van der Waals surface area contributed by atoms with Crippen LogP contribution >= 0.6 is 23.2 Å². The fourth-order valence-corrected chi connectivity index (χ4v) is 3.52. The maximum absolute atomic E-state index is 6.30. The lowest BCUT2D eigenvalue weighted by atomic mass is 10.1. The Hall–Kier alpha value is -1.64. The Kier molecular flexibility index (Phi) is 3.09. The highest BCUT2D eigenvalue weighted by Crippen LogP contribution is 2.31. The van der Waals surface area contributed by atoms with Crippen molar-refractivity contribution in [2.75, 3.05) is 0 Å². The van der Waals surface area contributed by atoms with Gasteiger partial charge in [-0.05, 0) is 48.6 Å². The maximum Gasteiger partial charge on any atom is 0.161 e. The molecular weight excluding hydrogens is 303 g/mol. The van der Waals surface area contributed by atoms with Crippen molar-refractivity contribution in [2.24, 2.45) is 0 Å². The molecule has 2 nitrogen and oxygen atoms in total. The number of nitrogens with zero attached hydrogens (tertiary/aromatic N) is 2. The first-order valence-electron chi connectivity index (χ1n) is 6.96. The Morgan fingerprint density at radius 2 is 1.76 bits per heavy atom. The molecule has 0 saturated heterocycles. The first-order chi connectivity index (χ1) is 10.2. The Bertz CT molecular complexity index is 859. The van der Waals surface area contributed by atoms with Crippen LogP contribution in [-0.2, 0) is 12.8 Å². The van der Waals surface area contributed by atoms with Gasteiger partial charge in [0.2, 0.25) is 0 Å². The number of fused-ring (bicyclic) bond motifs is 2. The quantitative estimate of drug-likeness (QED) is 0.584. The monoisotopic (exact) mass is 314 g/mol. The van der Waals surface area contributed by atoms with E-state index in [1.165, 1.54) is 24.0 Å². The van der Waals surface area contributed by atoms with Gasteiger partial charge in [0.25, 0.3) is 0 Å². The summed E-state index contributed by atoms with van der Waals surface area (Å²) in [4.78, 5) is 9.04. The number of hydrogen-bond acceptors (Lipinski definition) is 2. The second-order valence-electron chi connectivity index (χ2n) is 5.31. The molecule has 0 saturated carbocycles. The molecule has 21 heavy (non-hydrogen) atoms. The summed E-state index contributed by atoms with van der Waals surface area (Å²) in [6.45, 7) is 0. The topological polar surface area (TPSA) is 25.8 Å². The molecule has 0 radical (unpaired) electrons. The van der Waals surface area contributed by atoms with E-state index in [0.717, 1.165) is 17.5 Å². The van der Waals surface area contributed by atoms with E-state index in [1.807, 2.05) is 12.1 Å². The van der Waals surface area contributed by atoms with Crippen molar-refractivity contribution in [1.82, 2.24) is 9.97 Å². The molecule has 0 fully saturated rings. The number of benzene rings is 2. The van der Waals surface area contributed by atoms with Crippen LogP contribution in [0.4, 0.5) is 0 Å². The summed E-state index contributed by atoms with van der Waals surface area (Å²) < 4.78 is 0. The fourth-order valence-electron chi connectivity index (χ4n) is 2.94. The van der Waals surface area contributed by atoms with Crippen molar-refractivity contribution in [3.8, 4) is 11.4 Å². The summed E-state index contributed by atoms with van der Waals surface area (Å²) in [6, 6.07) is 12.0. The molecule has 1 aliphatic rings. The summed E-state index contributed by atoms with van der Waals surface area (Å²) >= 11 is 12.5. The van der Waals surface area contributed by atoms with Gasteiger partial charge in [0, 0.05) is 5.56 Å². The number of rotatable bonds is 1. The third kappa shape index (κ3) is 2.19. The van der Waals surface area contributed by atoms with E-state index in [0.29, 0.717) is 21.4 Å². The van der Waals surface area contributed by atoms with Crippen LogP contribution in [0.15, 0.2) is 36.4 Å². The normalized spacial score (nSPS) is 13.6. The van der Waals surface area contributed by atoms with Gasteiger partial charge in [0.15, 0.2) is 5.82 Å². The van der Waals surface area contributed by atoms with Crippen molar-refractivity contribution in [3.63, 3.8) is 0 Å². The molecule has 0 amide bonds. The van der Waals surface area contributed by atoms with Gasteiger partial charge in [-0.15, -0.1) is 0 Å². The average molecular weight is 315 g/mol. The highest BCUT2D eigenvalue weighted by Gasteiger charge is 2.14. The molecule has 2 aromatic carbocycles. The van der Waals surface area contributed by atoms with Crippen molar-refractivity contribution in [2.45, 2.75) is 19.3 Å². The largest absolute Gasteiger partial charge is 0.228 e. The Balaban J connectivity index is 1.91. The van der Waals surface area contributed by atoms with E-state index in [-0.39, 0.29) is 0 Å². The van der Waals surface area contributed by atoms with Crippen LogP contribution < -0.4 is 0 Å². The lowest BCUT2D eigenvalue weighted by molar-refractivity contribution is 0.912. The predicted octanol–water partition coefficient (Wildman–Crippen LogP) is 5.09. The van der Waals surface area contributed by atoms with E-state index < -0.39 is 0 Å². The molecule has 1 aromatic heterocycles. The molecule has 104 valence electrons. The third-order valence-electron chi connectivity index (χ3n) is 3.99. The molecule has 0 bridgehead atoms. The highest BCUT2D eigenvalue weighted by molar-refractivity contribution is 6.41. The molecule has 0 N–H and O–H groups in total. The van der Waals surface area contributed by atoms with Crippen molar-refractivity contribution in [3.05, 3.63) is 57.7 Å². The first-order valence-corrected chi connectivity index (χ1v) is 7.72. The van der Waals surface area contributed by atoms with Gasteiger partial charge in [0.05, 0.1) is 15.9 Å². The predicted molar refractivity (Wildman–Crippen MR) is 87.0 cm³/mol. The van der Waals surface area contributed by atoms with Crippen LogP contribution in [0.1, 0.15) is 17.5 Å². The van der Waals surface area contributed by atoms with E-state index in [1.54, 1.807) is 6.07 Å². The van der Waals surface area contributed by atoms with Crippen molar-refractivity contribution >= 4 is 34.1 Å². The Morgan fingerprint density at radius 1 is 0.905 bits per heavy atom. The first kappa shape index (κ1) is 13.1. The third-order valence-corrected chi connectivity index (χ3v) is 4.57. The van der Waals surface area contributed by atoms with Crippen LogP contribution in [0, 0.1) is 0 Å². The fraction of sp³-hybridized carbons (Fsp3) is 0.176. The van der Waals surface area contributed by atoms with Crippen LogP contribution in [0.25, 0.3) is 22.3 Å². The smallest absolute Gasteiger partial charge is 0.161 e. The zero-order valence-electron chi connectivity index (χ0n) is 11.2. The van der Waals surface area contributed by atoms with E-state index in [2.05, 4.69) is 28.2 Å². The van der Waals surface area contributed by atoms with Crippen LogP contribution in [0.5, 0.6) is 0 Å². The minimum Gasteiger partial charge on any atom is -0.228 e. The minimum absolute atomic E-state index is 0.404. The molecule has 0 atom stereocenters. The average Bonchev–Trinajstić information content (AvgIpc) is 2.94. The second-order valence-corrected chi connectivity index (χ2v) is 6.07. The summed E-state index contributed by atoms with van der Waals surface area (Å²) in [5.41, 5.74) is 4.63. The molecule has 1 heterocycles. The van der Waals surface area contributed by atoms with Crippen LogP contribution in [-0.4, -0.2) is 9.97 Å². The molecular formula is C17H12Cl2N2. The second kappa shape index (κ2) is 4.97. The molecule has 0 spiro atoms. The molecule has 4 rings (SSSR count). The zero-order valence-corrected chi connectivity index (χ0v) is 12.7.